The molecule has 1 amide bonds. The first-order chi connectivity index (χ1) is 14.5. The Labute approximate surface area is 174 Å². The molecule has 0 spiro atoms. The second kappa shape index (κ2) is 7.94. The number of H-pyrrole nitrogens is 1. The first-order valence-corrected chi connectivity index (χ1v) is 9.53. The lowest BCUT2D eigenvalue weighted by atomic mass is 10.1. The van der Waals surface area contributed by atoms with Crippen molar-refractivity contribution in [2.24, 2.45) is 0 Å². The van der Waals surface area contributed by atoms with Crippen LogP contribution < -0.4 is 19.5 Å². The summed E-state index contributed by atoms with van der Waals surface area (Å²) in [5, 5.41) is 5.19. The van der Waals surface area contributed by atoms with E-state index in [1.807, 2.05) is 31.2 Å². The highest BCUT2D eigenvalue weighted by atomic mass is 16.5. The number of methoxy groups -OCH3 is 3. The van der Waals surface area contributed by atoms with E-state index in [9.17, 15) is 4.79 Å². The first-order valence-electron chi connectivity index (χ1n) is 9.53. The average molecular weight is 405 g/mol. The van der Waals surface area contributed by atoms with Crippen molar-refractivity contribution in [3.05, 3.63) is 59.9 Å². The smallest absolute Gasteiger partial charge is 0.252 e. The van der Waals surface area contributed by atoms with Gasteiger partial charge < -0.3 is 24.5 Å². The van der Waals surface area contributed by atoms with Gasteiger partial charge in [0.05, 0.1) is 44.8 Å². The molecule has 2 aromatic heterocycles. The third kappa shape index (κ3) is 3.39. The number of carbonyl (C=O) groups is 1. The molecule has 1 unspecified atom stereocenters. The van der Waals surface area contributed by atoms with Gasteiger partial charge in [0, 0.05) is 21.9 Å². The summed E-state index contributed by atoms with van der Waals surface area (Å²) in [6.07, 6.45) is 1.80. The number of aromatic amines is 1. The van der Waals surface area contributed by atoms with Gasteiger partial charge in [0.1, 0.15) is 0 Å². The molecule has 4 rings (SSSR count). The third-order valence-electron chi connectivity index (χ3n) is 5.13. The van der Waals surface area contributed by atoms with E-state index in [4.69, 9.17) is 14.2 Å². The molecule has 1 atom stereocenters. The van der Waals surface area contributed by atoms with Gasteiger partial charge in [0.25, 0.3) is 5.91 Å². The minimum atomic E-state index is -0.297. The van der Waals surface area contributed by atoms with Gasteiger partial charge in [-0.1, -0.05) is 18.2 Å². The van der Waals surface area contributed by atoms with E-state index in [0.717, 1.165) is 27.5 Å². The number of pyridine rings is 1. The minimum absolute atomic E-state index is 0.262. The Morgan fingerprint density at radius 2 is 1.67 bits per heavy atom. The first kappa shape index (κ1) is 19.6. The molecule has 154 valence electrons. The fourth-order valence-electron chi connectivity index (χ4n) is 3.57. The Morgan fingerprint density at radius 3 is 2.33 bits per heavy atom. The van der Waals surface area contributed by atoms with Gasteiger partial charge in [-0.15, -0.1) is 0 Å². The van der Waals surface area contributed by atoms with Crippen LogP contribution in [0.5, 0.6) is 17.2 Å². The van der Waals surface area contributed by atoms with Crippen molar-refractivity contribution in [3.8, 4) is 17.2 Å². The Hall–Kier alpha value is -3.74. The van der Waals surface area contributed by atoms with E-state index in [1.165, 1.54) is 21.3 Å². The highest BCUT2D eigenvalue weighted by Crippen LogP contribution is 2.38. The number of benzene rings is 2. The fraction of sp³-hybridized carbons (Fsp3) is 0.217. The average Bonchev–Trinajstić information content (AvgIpc) is 3.15. The maximum Gasteiger partial charge on any atom is 0.252 e. The number of hydrogen-bond donors (Lipinski definition) is 2. The molecular formula is C23H23N3O4. The van der Waals surface area contributed by atoms with E-state index in [1.54, 1.807) is 18.3 Å². The van der Waals surface area contributed by atoms with Gasteiger partial charge in [0.2, 0.25) is 5.75 Å². The van der Waals surface area contributed by atoms with Gasteiger partial charge in [-0.25, -0.2) is 0 Å². The molecular weight excluding hydrogens is 382 g/mol. The van der Waals surface area contributed by atoms with Crippen LogP contribution in [-0.4, -0.2) is 37.2 Å². The monoisotopic (exact) mass is 405 g/mol. The highest BCUT2D eigenvalue weighted by Gasteiger charge is 2.19. The van der Waals surface area contributed by atoms with Crippen LogP contribution in [0, 0.1) is 0 Å². The summed E-state index contributed by atoms with van der Waals surface area (Å²) in [5.74, 6) is 1.03. The highest BCUT2D eigenvalue weighted by molar-refractivity contribution is 6.07. The maximum absolute atomic E-state index is 12.9. The van der Waals surface area contributed by atoms with Crippen LogP contribution in [0.15, 0.2) is 48.7 Å². The summed E-state index contributed by atoms with van der Waals surface area (Å²) in [6.45, 7) is 1.90. The van der Waals surface area contributed by atoms with Gasteiger partial charge in [-0.05, 0) is 31.2 Å². The Kier molecular flexibility index (Phi) is 5.18. The number of aromatic nitrogens is 2. The van der Waals surface area contributed by atoms with Crippen LogP contribution in [-0.2, 0) is 0 Å². The molecule has 4 aromatic rings. The van der Waals surface area contributed by atoms with Crippen LogP contribution in [0.1, 0.15) is 29.0 Å². The Bertz CT molecular complexity index is 1210. The van der Waals surface area contributed by atoms with Crippen LogP contribution >= 0.6 is 0 Å². The van der Waals surface area contributed by atoms with E-state index in [0.29, 0.717) is 22.8 Å². The molecule has 0 saturated carbocycles. The van der Waals surface area contributed by atoms with Crippen molar-refractivity contribution in [2.45, 2.75) is 13.0 Å². The number of hydrogen-bond acceptors (Lipinski definition) is 5. The predicted molar refractivity (Wildman–Crippen MR) is 116 cm³/mol. The largest absolute Gasteiger partial charge is 0.493 e. The van der Waals surface area contributed by atoms with Crippen molar-refractivity contribution in [1.82, 2.24) is 15.3 Å². The quantitative estimate of drug-likeness (QED) is 0.501. The molecule has 7 nitrogen and oxygen atoms in total. The SMILES string of the molecule is COc1cc(C(=O)NC(C)c2cc3c(cn2)[nH]c2ccccc23)cc(OC)c1OC. The Morgan fingerprint density at radius 1 is 0.967 bits per heavy atom. The Balaban J connectivity index is 1.63. The van der Waals surface area contributed by atoms with Gasteiger partial charge in [-0.3, -0.25) is 9.78 Å². The van der Waals surface area contributed by atoms with Crippen molar-refractivity contribution in [1.29, 1.82) is 0 Å². The molecule has 30 heavy (non-hydrogen) atoms. The van der Waals surface area contributed by atoms with Crippen LogP contribution in [0.3, 0.4) is 0 Å². The topological polar surface area (TPSA) is 85.5 Å². The van der Waals surface area contributed by atoms with E-state index >= 15 is 0 Å². The summed E-state index contributed by atoms with van der Waals surface area (Å²) >= 11 is 0. The van der Waals surface area contributed by atoms with E-state index < -0.39 is 0 Å². The van der Waals surface area contributed by atoms with Crippen molar-refractivity contribution < 1.29 is 19.0 Å². The summed E-state index contributed by atoms with van der Waals surface area (Å²) in [7, 11) is 4.55. The van der Waals surface area contributed by atoms with Crippen molar-refractivity contribution in [3.63, 3.8) is 0 Å². The number of amides is 1. The molecule has 0 aliphatic heterocycles. The molecule has 2 aromatic carbocycles. The predicted octanol–water partition coefficient (Wildman–Crippen LogP) is 4.23. The number of ether oxygens (including phenoxy) is 3. The van der Waals surface area contributed by atoms with Gasteiger partial charge in [-0.2, -0.15) is 0 Å². The van der Waals surface area contributed by atoms with Crippen molar-refractivity contribution in [2.75, 3.05) is 21.3 Å². The number of fused-ring (bicyclic) bond motifs is 3. The molecule has 2 heterocycles. The number of carbonyl (C=O) groups excluding carboxylic acids is 1. The second-order valence-electron chi connectivity index (χ2n) is 6.93. The zero-order chi connectivity index (χ0) is 21.3. The second-order valence-corrected chi connectivity index (χ2v) is 6.93. The van der Waals surface area contributed by atoms with Crippen molar-refractivity contribution >= 4 is 27.7 Å². The molecule has 0 bridgehead atoms. The maximum atomic E-state index is 12.9. The zero-order valence-corrected chi connectivity index (χ0v) is 17.3. The van der Waals surface area contributed by atoms with Gasteiger partial charge in [0.15, 0.2) is 11.5 Å². The van der Waals surface area contributed by atoms with E-state index in [2.05, 4.69) is 21.4 Å². The molecule has 0 saturated heterocycles. The van der Waals surface area contributed by atoms with Crippen LogP contribution in [0.25, 0.3) is 21.8 Å². The summed E-state index contributed by atoms with van der Waals surface area (Å²) in [4.78, 5) is 20.8. The number of rotatable bonds is 6. The van der Waals surface area contributed by atoms with Gasteiger partial charge >= 0.3 is 0 Å². The summed E-state index contributed by atoms with van der Waals surface area (Å²) in [6, 6.07) is 13.1. The lowest BCUT2D eigenvalue weighted by molar-refractivity contribution is 0.0938. The molecule has 2 N–H and O–H groups in total. The van der Waals surface area contributed by atoms with Crippen LogP contribution in [0.2, 0.25) is 0 Å². The number of nitrogens with zero attached hydrogens (tertiary/aromatic N) is 1. The molecule has 0 fully saturated rings. The standard InChI is InChI=1S/C23H23N3O4/c1-13(18-11-16-15-7-5-6-8-17(15)26-19(16)12-24-18)25-23(27)14-9-20(28-2)22(30-4)21(10-14)29-3/h5-13,26H,1-4H3,(H,25,27). The minimum Gasteiger partial charge on any atom is -0.493 e. The molecule has 0 aliphatic rings. The fourth-order valence-corrected chi connectivity index (χ4v) is 3.57. The third-order valence-corrected chi connectivity index (χ3v) is 5.13. The summed E-state index contributed by atoms with van der Waals surface area (Å²) < 4.78 is 16.0. The molecule has 7 heteroatoms. The lowest BCUT2D eigenvalue weighted by Crippen LogP contribution is -2.27. The normalized spacial score (nSPS) is 12.0. The number of nitrogens with one attached hydrogen (secondary N) is 2. The zero-order valence-electron chi connectivity index (χ0n) is 17.3. The molecule has 0 radical (unpaired) electrons. The lowest BCUT2D eigenvalue weighted by Gasteiger charge is -2.16. The molecule has 0 aliphatic carbocycles. The summed E-state index contributed by atoms with van der Waals surface area (Å²) in [5.41, 5.74) is 3.20. The van der Waals surface area contributed by atoms with E-state index in [-0.39, 0.29) is 11.9 Å². The number of para-hydroxylation sites is 1. The van der Waals surface area contributed by atoms with Crippen LogP contribution in [0.4, 0.5) is 0 Å².